The highest BCUT2D eigenvalue weighted by Crippen LogP contribution is 2.23. The Morgan fingerprint density at radius 2 is 1.94 bits per heavy atom. The van der Waals surface area contributed by atoms with Crippen molar-refractivity contribution in [3.63, 3.8) is 0 Å². The summed E-state index contributed by atoms with van der Waals surface area (Å²) in [5, 5.41) is 5.81. The van der Waals surface area contributed by atoms with E-state index in [1.165, 1.54) is 21.9 Å². The maximum absolute atomic E-state index is 4.13. The summed E-state index contributed by atoms with van der Waals surface area (Å²) < 4.78 is 0. The summed E-state index contributed by atoms with van der Waals surface area (Å²) in [6.45, 7) is 2.07. The summed E-state index contributed by atoms with van der Waals surface area (Å²) in [7, 11) is 0. The molecule has 0 saturated carbocycles. The molecule has 0 bridgehead atoms. The summed E-state index contributed by atoms with van der Waals surface area (Å²) in [5.41, 5.74) is 2.80. The number of rotatable bonds is 1. The van der Waals surface area contributed by atoms with E-state index in [1.54, 1.807) is 0 Å². The van der Waals surface area contributed by atoms with Crippen molar-refractivity contribution in [1.82, 2.24) is 10.3 Å². The third-order valence-corrected chi connectivity index (χ3v) is 3.08. The minimum absolute atomic E-state index is 0. The molecular weight excluding hydrogens is 267 g/mol. The van der Waals surface area contributed by atoms with Crippen molar-refractivity contribution in [2.75, 3.05) is 13.1 Å². The fraction of sp³-hybridized carbons (Fsp3) is 0.214. The maximum Gasteiger partial charge on any atom is 0.0346 e. The van der Waals surface area contributed by atoms with Crippen molar-refractivity contribution in [2.24, 2.45) is 0 Å². The molecule has 0 radical (unpaired) electrons. The number of benzene rings is 1. The van der Waals surface area contributed by atoms with Gasteiger partial charge >= 0.3 is 0 Å². The van der Waals surface area contributed by atoms with Gasteiger partial charge in [-0.2, -0.15) is 0 Å². The molecule has 4 heteroatoms. The number of fused-ring (bicyclic) bond motifs is 1. The molecule has 0 fully saturated rings. The van der Waals surface area contributed by atoms with Crippen LogP contribution in [0.3, 0.4) is 0 Å². The van der Waals surface area contributed by atoms with Gasteiger partial charge in [0.2, 0.25) is 0 Å². The first-order chi connectivity index (χ1) is 7.93. The molecule has 18 heavy (non-hydrogen) atoms. The molecule has 2 nitrogen and oxygen atoms in total. The Balaban J connectivity index is 0.000000810. The van der Waals surface area contributed by atoms with Crippen molar-refractivity contribution in [3.8, 4) is 0 Å². The largest absolute Gasteiger partial charge is 0.313 e. The third kappa shape index (κ3) is 3.02. The summed E-state index contributed by atoms with van der Waals surface area (Å²) >= 11 is 0. The molecule has 0 saturated heterocycles. The molecule has 1 aliphatic heterocycles. The predicted octanol–water partition coefficient (Wildman–Crippen LogP) is 3.46. The molecule has 2 heterocycles. The van der Waals surface area contributed by atoms with Crippen molar-refractivity contribution in [3.05, 3.63) is 48.3 Å². The zero-order valence-electron chi connectivity index (χ0n) is 9.93. The molecule has 1 aromatic heterocycles. The zero-order valence-corrected chi connectivity index (χ0v) is 11.6. The lowest BCUT2D eigenvalue weighted by atomic mass is 9.98. The molecular formula is C14H16Cl2N2. The number of hydrogen-bond acceptors (Lipinski definition) is 2. The van der Waals surface area contributed by atoms with Gasteiger partial charge in [-0.3, -0.25) is 4.98 Å². The summed E-state index contributed by atoms with van der Waals surface area (Å²) in [4.78, 5) is 4.13. The number of aromatic nitrogens is 1. The number of hydrogen-bond donors (Lipinski definition) is 1. The average Bonchev–Trinajstić information content (AvgIpc) is 2.39. The van der Waals surface area contributed by atoms with Crippen molar-refractivity contribution in [2.45, 2.75) is 6.42 Å². The Labute approximate surface area is 119 Å². The van der Waals surface area contributed by atoms with Gasteiger partial charge in [0.25, 0.3) is 0 Å². The number of halogens is 2. The molecule has 3 rings (SSSR count). The highest BCUT2D eigenvalue weighted by Gasteiger charge is 2.05. The van der Waals surface area contributed by atoms with E-state index >= 15 is 0 Å². The van der Waals surface area contributed by atoms with Crippen LogP contribution in [-0.4, -0.2) is 18.1 Å². The summed E-state index contributed by atoms with van der Waals surface area (Å²) in [6, 6.07) is 8.68. The van der Waals surface area contributed by atoms with E-state index in [-0.39, 0.29) is 24.8 Å². The molecule has 0 aliphatic carbocycles. The highest BCUT2D eigenvalue weighted by atomic mass is 35.5. The Morgan fingerprint density at radius 3 is 2.72 bits per heavy atom. The second kappa shape index (κ2) is 6.74. The van der Waals surface area contributed by atoms with E-state index in [4.69, 9.17) is 0 Å². The number of nitrogens with zero attached hydrogens (tertiary/aromatic N) is 1. The minimum atomic E-state index is 0. The second-order valence-electron chi connectivity index (χ2n) is 4.12. The van der Waals surface area contributed by atoms with E-state index in [0.717, 1.165) is 19.5 Å². The standard InChI is InChI=1S/C14H14N2.2ClH/c1-2-14-10-16-8-5-13(14)9-12(1)11-3-6-15-7-4-11;;/h1-3,5,8-10,15H,4,6-7H2;2*1H. The molecule has 2 aromatic rings. The van der Waals surface area contributed by atoms with Crippen LogP contribution in [0.15, 0.2) is 42.7 Å². The van der Waals surface area contributed by atoms with Crippen LogP contribution in [0.4, 0.5) is 0 Å². The van der Waals surface area contributed by atoms with Gasteiger partial charge < -0.3 is 5.32 Å². The number of nitrogens with one attached hydrogen (secondary N) is 1. The third-order valence-electron chi connectivity index (χ3n) is 3.08. The van der Waals surface area contributed by atoms with Gasteiger partial charge in [0.1, 0.15) is 0 Å². The minimum Gasteiger partial charge on any atom is -0.313 e. The topological polar surface area (TPSA) is 24.9 Å². The van der Waals surface area contributed by atoms with E-state index in [0.29, 0.717) is 0 Å². The zero-order chi connectivity index (χ0) is 10.8. The monoisotopic (exact) mass is 282 g/mol. The van der Waals surface area contributed by atoms with Crippen molar-refractivity contribution in [1.29, 1.82) is 0 Å². The van der Waals surface area contributed by atoms with Crippen molar-refractivity contribution >= 4 is 41.2 Å². The summed E-state index contributed by atoms with van der Waals surface area (Å²) in [6.07, 6.45) is 7.17. The van der Waals surface area contributed by atoms with Crippen LogP contribution in [0.1, 0.15) is 12.0 Å². The Kier molecular flexibility index (Phi) is 5.60. The highest BCUT2D eigenvalue weighted by molar-refractivity contribution is 5.86. The van der Waals surface area contributed by atoms with Gasteiger partial charge in [-0.25, -0.2) is 0 Å². The Bertz CT molecular complexity index is 552. The first kappa shape index (κ1) is 15.0. The van der Waals surface area contributed by atoms with Gasteiger partial charge in [-0.1, -0.05) is 18.2 Å². The van der Waals surface area contributed by atoms with Crippen LogP contribution in [0, 0.1) is 0 Å². The van der Waals surface area contributed by atoms with Crippen LogP contribution in [-0.2, 0) is 0 Å². The lowest BCUT2D eigenvalue weighted by molar-refractivity contribution is 0.739. The van der Waals surface area contributed by atoms with Gasteiger partial charge in [-0.05, 0) is 41.6 Å². The number of pyridine rings is 1. The van der Waals surface area contributed by atoms with E-state index < -0.39 is 0 Å². The lowest BCUT2D eigenvalue weighted by Gasteiger charge is -2.14. The van der Waals surface area contributed by atoms with Crippen LogP contribution < -0.4 is 5.32 Å². The molecule has 0 amide bonds. The molecule has 1 aliphatic rings. The fourth-order valence-electron chi connectivity index (χ4n) is 2.17. The van der Waals surface area contributed by atoms with E-state index in [9.17, 15) is 0 Å². The second-order valence-corrected chi connectivity index (χ2v) is 4.12. The molecule has 96 valence electrons. The normalized spacial score (nSPS) is 14.3. The van der Waals surface area contributed by atoms with E-state index in [2.05, 4.69) is 40.6 Å². The Hall–Kier alpha value is -1.09. The van der Waals surface area contributed by atoms with Gasteiger partial charge in [0.05, 0.1) is 0 Å². The van der Waals surface area contributed by atoms with Gasteiger partial charge in [0.15, 0.2) is 0 Å². The van der Waals surface area contributed by atoms with Crippen LogP contribution in [0.2, 0.25) is 0 Å². The molecule has 1 aromatic carbocycles. The van der Waals surface area contributed by atoms with Crippen molar-refractivity contribution < 1.29 is 0 Å². The fourth-order valence-corrected chi connectivity index (χ4v) is 2.17. The van der Waals surface area contributed by atoms with Crippen LogP contribution in [0.5, 0.6) is 0 Å². The quantitative estimate of drug-likeness (QED) is 0.867. The van der Waals surface area contributed by atoms with Crippen LogP contribution in [0.25, 0.3) is 16.3 Å². The molecule has 1 N–H and O–H groups in total. The average molecular weight is 283 g/mol. The summed E-state index contributed by atoms with van der Waals surface area (Å²) in [5.74, 6) is 0. The van der Waals surface area contributed by atoms with E-state index in [1.807, 2.05) is 12.4 Å². The first-order valence-corrected chi connectivity index (χ1v) is 5.67. The smallest absolute Gasteiger partial charge is 0.0346 e. The van der Waals surface area contributed by atoms with Crippen LogP contribution >= 0.6 is 24.8 Å². The van der Waals surface area contributed by atoms with Gasteiger partial charge in [-0.15, -0.1) is 24.8 Å². The molecule has 0 spiro atoms. The lowest BCUT2D eigenvalue weighted by Crippen LogP contribution is -2.19. The maximum atomic E-state index is 4.13. The predicted molar refractivity (Wildman–Crippen MR) is 81.7 cm³/mol. The van der Waals surface area contributed by atoms with Gasteiger partial charge in [0, 0.05) is 24.3 Å². The molecule has 0 atom stereocenters. The SMILES string of the molecule is C1=C(c2ccc3cnccc3c2)CCNC1.Cl.Cl. The first-order valence-electron chi connectivity index (χ1n) is 5.67. The molecule has 0 unspecified atom stereocenters. The Morgan fingerprint density at radius 1 is 1.06 bits per heavy atom.